The van der Waals surface area contributed by atoms with E-state index >= 15 is 0 Å². The van der Waals surface area contributed by atoms with Crippen LogP contribution >= 0.6 is 0 Å². The van der Waals surface area contributed by atoms with E-state index in [1.54, 1.807) is 0 Å². The molecule has 0 saturated heterocycles. The maximum atomic E-state index is 6.42. The summed E-state index contributed by atoms with van der Waals surface area (Å²) >= 11 is 0. The zero-order valence-corrected chi connectivity index (χ0v) is 29.8. The maximum absolute atomic E-state index is 6.42. The largest absolute Gasteiger partial charge is 0.456 e. The van der Waals surface area contributed by atoms with Gasteiger partial charge in [0.2, 0.25) is 0 Å². The van der Waals surface area contributed by atoms with Crippen molar-refractivity contribution in [3.63, 3.8) is 0 Å². The monoisotopic (exact) mass is 703 g/mol. The Balaban J connectivity index is 1.24. The molecule has 0 fully saturated rings. The van der Waals surface area contributed by atoms with Crippen molar-refractivity contribution in [1.29, 1.82) is 0 Å². The van der Waals surface area contributed by atoms with E-state index in [9.17, 15) is 0 Å². The summed E-state index contributed by atoms with van der Waals surface area (Å²) in [6, 6.07) is 71.1. The number of furan rings is 2. The van der Waals surface area contributed by atoms with Crippen molar-refractivity contribution in [2.45, 2.75) is 0 Å². The fraction of sp³-hybridized carbons (Fsp3) is 0. The Morgan fingerprint density at radius 3 is 1.15 bits per heavy atom. The first kappa shape index (κ1) is 31.2. The van der Waals surface area contributed by atoms with Gasteiger partial charge in [-0.3, -0.25) is 0 Å². The zero-order valence-electron chi connectivity index (χ0n) is 29.8. The van der Waals surface area contributed by atoms with Gasteiger partial charge in [-0.25, -0.2) is 0 Å². The van der Waals surface area contributed by atoms with Crippen LogP contribution in [0.1, 0.15) is 0 Å². The molecule has 55 heavy (non-hydrogen) atoms. The number of hydrogen-bond donors (Lipinski definition) is 0. The van der Waals surface area contributed by atoms with Gasteiger partial charge >= 0.3 is 0 Å². The molecular formula is C52H33NO2. The van der Waals surface area contributed by atoms with Gasteiger partial charge in [-0.2, -0.15) is 0 Å². The molecule has 3 nitrogen and oxygen atoms in total. The second-order valence-corrected chi connectivity index (χ2v) is 14.0. The van der Waals surface area contributed by atoms with Gasteiger partial charge in [0.1, 0.15) is 22.3 Å². The highest BCUT2D eigenvalue weighted by atomic mass is 16.3. The van der Waals surface area contributed by atoms with Crippen molar-refractivity contribution in [2.24, 2.45) is 0 Å². The van der Waals surface area contributed by atoms with E-state index in [-0.39, 0.29) is 0 Å². The molecule has 0 aliphatic carbocycles. The smallest absolute Gasteiger partial charge is 0.136 e. The first-order chi connectivity index (χ1) is 27.3. The maximum Gasteiger partial charge on any atom is 0.136 e. The lowest BCUT2D eigenvalue weighted by Crippen LogP contribution is -2.13. The Hall–Kier alpha value is -7.36. The predicted molar refractivity (Wildman–Crippen MR) is 229 cm³/mol. The normalized spacial score (nSPS) is 11.6. The van der Waals surface area contributed by atoms with Crippen LogP contribution in [0.2, 0.25) is 0 Å². The van der Waals surface area contributed by atoms with Crippen LogP contribution in [0.5, 0.6) is 0 Å². The molecule has 258 valence electrons. The molecule has 0 aliphatic rings. The Morgan fingerprint density at radius 2 is 0.600 bits per heavy atom. The lowest BCUT2D eigenvalue weighted by atomic mass is 9.93. The third kappa shape index (κ3) is 4.98. The summed E-state index contributed by atoms with van der Waals surface area (Å²) in [6.07, 6.45) is 0. The molecule has 0 saturated carbocycles. The minimum atomic E-state index is 0.870. The predicted octanol–water partition coefficient (Wildman–Crippen LogP) is 15.1. The second-order valence-electron chi connectivity index (χ2n) is 14.0. The third-order valence-electron chi connectivity index (χ3n) is 10.9. The van der Waals surface area contributed by atoms with Gasteiger partial charge in [-0.15, -0.1) is 0 Å². The van der Waals surface area contributed by atoms with Crippen LogP contribution < -0.4 is 4.90 Å². The zero-order chi connectivity index (χ0) is 36.3. The molecule has 3 heteroatoms. The van der Waals surface area contributed by atoms with Crippen LogP contribution in [-0.2, 0) is 0 Å². The summed E-state index contributed by atoms with van der Waals surface area (Å²) in [5, 5.41) is 6.84. The van der Waals surface area contributed by atoms with Crippen molar-refractivity contribution in [2.75, 3.05) is 4.90 Å². The van der Waals surface area contributed by atoms with Crippen LogP contribution in [-0.4, -0.2) is 0 Å². The van der Waals surface area contributed by atoms with E-state index in [0.717, 1.165) is 88.8 Å². The second kappa shape index (κ2) is 12.6. The fourth-order valence-electron chi connectivity index (χ4n) is 8.54. The van der Waals surface area contributed by atoms with Crippen molar-refractivity contribution in [3.8, 4) is 33.4 Å². The number of rotatable bonds is 6. The van der Waals surface area contributed by atoms with Crippen molar-refractivity contribution >= 4 is 71.7 Å². The Bertz CT molecular complexity index is 3080. The number of nitrogens with zero attached hydrogens (tertiary/aromatic N) is 1. The first-order valence-electron chi connectivity index (χ1n) is 18.7. The molecule has 0 amide bonds. The molecule has 2 aromatic heterocycles. The van der Waals surface area contributed by atoms with Crippen molar-refractivity contribution < 1.29 is 8.83 Å². The summed E-state index contributed by atoms with van der Waals surface area (Å²) in [5.41, 5.74) is 13.5. The highest BCUT2D eigenvalue weighted by Gasteiger charge is 2.26. The van der Waals surface area contributed by atoms with E-state index < -0.39 is 0 Å². The van der Waals surface area contributed by atoms with Crippen LogP contribution in [0, 0.1) is 0 Å². The van der Waals surface area contributed by atoms with Gasteiger partial charge in [-0.1, -0.05) is 158 Å². The molecule has 11 aromatic rings. The highest BCUT2D eigenvalue weighted by Crippen LogP contribution is 2.51. The van der Waals surface area contributed by atoms with E-state index in [1.165, 1.54) is 16.3 Å². The summed E-state index contributed by atoms with van der Waals surface area (Å²) in [6.45, 7) is 0. The molecule has 11 rings (SSSR count). The number of fused-ring (bicyclic) bond motifs is 7. The molecule has 2 heterocycles. The molecule has 0 atom stereocenters. The first-order valence-corrected chi connectivity index (χ1v) is 18.7. The van der Waals surface area contributed by atoms with Crippen LogP contribution in [0.4, 0.5) is 17.1 Å². The Morgan fingerprint density at radius 1 is 0.255 bits per heavy atom. The minimum Gasteiger partial charge on any atom is -0.456 e. The Kier molecular flexibility index (Phi) is 7.17. The van der Waals surface area contributed by atoms with Crippen LogP contribution in [0.15, 0.2) is 209 Å². The van der Waals surface area contributed by atoms with Gasteiger partial charge in [0.25, 0.3) is 0 Å². The molecule has 9 aromatic carbocycles. The van der Waals surface area contributed by atoms with Crippen molar-refractivity contribution in [1.82, 2.24) is 0 Å². The third-order valence-corrected chi connectivity index (χ3v) is 10.9. The molecule has 0 bridgehead atoms. The van der Waals surface area contributed by atoms with Crippen LogP contribution in [0.3, 0.4) is 0 Å². The summed E-state index contributed by atoms with van der Waals surface area (Å²) < 4.78 is 12.8. The van der Waals surface area contributed by atoms with Gasteiger partial charge in [0.15, 0.2) is 0 Å². The quantitative estimate of drug-likeness (QED) is 0.173. The molecule has 0 spiro atoms. The molecule has 0 radical (unpaired) electrons. The van der Waals surface area contributed by atoms with Crippen LogP contribution in [0.25, 0.3) is 88.0 Å². The molecule has 0 aliphatic heterocycles. The summed E-state index contributed by atoms with van der Waals surface area (Å²) in [4.78, 5) is 2.46. The molecular weight excluding hydrogens is 671 g/mol. The van der Waals surface area contributed by atoms with E-state index in [4.69, 9.17) is 8.83 Å². The van der Waals surface area contributed by atoms with E-state index in [0.29, 0.717) is 0 Å². The number of para-hydroxylation sites is 5. The van der Waals surface area contributed by atoms with E-state index in [1.807, 2.05) is 24.3 Å². The minimum absolute atomic E-state index is 0.870. The fourth-order valence-corrected chi connectivity index (χ4v) is 8.54. The lowest BCUT2D eigenvalue weighted by molar-refractivity contribution is 0.668. The summed E-state index contributed by atoms with van der Waals surface area (Å²) in [7, 11) is 0. The van der Waals surface area contributed by atoms with Gasteiger partial charge in [0.05, 0.1) is 17.1 Å². The SMILES string of the molecule is c1ccc(N(c2ccccc2-c2cccc3oc4ccccc4c23)c2ccccc2-c2cccc3oc4ccccc4c23)c(-c2cccc3ccccc23)c1. The van der Waals surface area contributed by atoms with Gasteiger partial charge < -0.3 is 13.7 Å². The lowest BCUT2D eigenvalue weighted by Gasteiger charge is -2.32. The number of hydrogen-bond acceptors (Lipinski definition) is 3. The van der Waals surface area contributed by atoms with Crippen molar-refractivity contribution in [3.05, 3.63) is 200 Å². The number of anilines is 3. The summed E-state index contributed by atoms with van der Waals surface area (Å²) in [5.74, 6) is 0. The highest BCUT2D eigenvalue weighted by molar-refractivity contribution is 6.16. The standard InChI is InChI=1S/C52H33NO2/c1-2-18-35-34(16-1)17-13-24-36(35)37-19-3-8-27-44(37)53(45-28-9-4-20-38(45)40-25-14-32-49-51(40)42-22-6-11-30-47(42)54-49)46-29-10-5-21-39(46)41-26-15-33-50-52(41)43-23-7-12-31-48(43)55-50/h1-33H. The molecule has 0 unspecified atom stereocenters. The average molecular weight is 704 g/mol. The number of benzene rings is 9. The molecule has 0 N–H and O–H groups in total. The topological polar surface area (TPSA) is 29.5 Å². The van der Waals surface area contributed by atoms with Gasteiger partial charge in [0, 0.05) is 38.2 Å². The average Bonchev–Trinajstić information content (AvgIpc) is 3.83. The Labute approximate surface area is 317 Å². The van der Waals surface area contributed by atoms with E-state index in [2.05, 4.69) is 181 Å². The van der Waals surface area contributed by atoms with Gasteiger partial charge in [-0.05, 0) is 69.9 Å².